The van der Waals surface area contributed by atoms with Gasteiger partial charge in [-0.3, -0.25) is 0 Å². The molecule has 0 aliphatic carbocycles. The number of hydrogen-bond donors (Lipinski definition) is 0. The Morgan fingerprint density at radius 3 is 2.80 bits per heavy atom. The Kier molecular flexibility index (Phi) is 3.06. The van der Waals surface area contributed by atoms with Crippen molar-refractivity contribution in [3.63, 3.8) is 0 Å². The Bertz CT molecular complexity index is 457. The van der Waals surface area contributed by atoms with Crippen LogP contribution in [0, 0.1) is 5.92 Å². The van der Waals surface area contributed by atoms with Crippen LogP contribution in [0.4, 0.5) is 0 Å². The Morgan fingerprint density at radius 1 is 1.33 bits per heavy atom. The van der Waals surface area contributed by atoms with Crippen molar-refractivity contribution in [1.29, 1.82) is 0 Å². The summed E-state index contributed by atoms with van der Waals surface area (Å²) in [6, 6.07) is 6.60. The van der Waals surface area contributed by atoms with Crippen molar-refractivity contribution >= 4 is 21.6 Å². The lowest BCUT2D eigenvalue weighted by molar-refractivity contribution is 0.645. The van der Waals surface area contributed by atoms with E-state index in [0.29, 0.717) is 5.92 Å². The third kappa shape index (κ3) is 2.37. The van der Waals surface area contributed by atoms with Crippen LogP contribution in [0.2, 0.25) is 0 Å². The lowest BCUT2D eigenvalue weighted by Crippen LogP contribution is -1.91. The molecule has 0 radical (unpaired) electrons. The minimum absolute atomic E-state index is 0.691. The predicted molar refractivity (Wildman–Crippen MR) is 67.5 cm³/mol. The molecular formula is C13H17NS. The maximum Gasteiger partial charge on any atom is 0.0941 e. The summed E-state index contributed by atoms with van der Waals surface area (Å²) in [7, 11) is 0. The highest BCUT2D eigenvalue weighted by molar-refractivity contribution is 7.18. The highest BCUT2D eigenvalue weighted by Crippen LogP contribution is 2.25. The molecule has 0 atom stereocenters. The van der Waals surface area contributed by atoms with Crippen LogP contribution in [-0.4, -0.2) is 4.98 Å². The molecule has 1 nitrogen and oxygen atoms in total. The first-order chi connectivity index (χ1) is 7.19. The normalized spacial score (nSPS) is 11.5. The van der Waals surface area contributed by atoms with Crippen LogP contribution in [0.15, 0.2) is 18.2 Å². The maximum absolute atomic E-state index is 4.65. The number of thiazole rings is 1. The molecule has 0 spiro atoms. The molecule has 0 unspecified atom stereocenters. The summed E-state index contributed by atoms with van der Waals surface area (Å²) in [6.45, 7) is 6.67. The Morgan fingerprint density at radius 2 is 2.13 bits per heavy atom. The quantitative estimate of drug-likeness (QED) is 0.758. The minimum Gasteiger partial charge on any atom is -0.241 e. The van der Waals surface area contributed by atoms with Crippen LogP contribution < -0.4 is 0 Å². The van der Waals surface area contributed by atoms with Crippen LogP contribution in [0.1, 0.15) is 31.3 Å². The molecule has 0 N–H and O–H groups in total. The molecule has 0 aliphatic rings. The molecule has 2 aromatic rings. The summed E-state index contributed by atoms with van der Waals surface area (Å²) in [5, 5.41) is 1.27. The average Bonchev–Trinajstić information content (AvgIpc) is 2.57. The number of aromatic nitrogens is 1. The molecular weight excluding hydrogens is 202 g/mol. The standard InChI is InChI=1S/C13H17NS/c1-4-10-5-6-11-12(8-10)15-13(14-11)7-9(2)3/h5-6,8-9H,4,7H2,1-3H3. The van der Waals surface area contributed by atoms with Crippen molar-refractivity contribution in [3.05, 3.63) is 28.8 Å². The van der Waals surface area contributed by atoms with E-state index >= 15 is 0 Å². The minimum atomic E-state index is 0.691. The number of aryl methyl sites for hydroxylation is 1. The Labute approximate surface area is 95.2 Å². The third-order valence-corrected chi connectivity index (χ3v) is 3.53. The summed E-state index contributed by atoms with van der Waals surface area (Å²) in [5.74, 6) is 0.691. The number of rotatable bonds is 3. The van der Waals surface area contributed by atoms with Crippen LogP contribution in [0.3, 0.4) is 0 Å². The second kappa shape index (κ2) is 4.31. The van der Waals surface area contributed by atoms with E-state index in [9.17, 15) is 0 Å². The number of fused-ring (bicyclic) bond motifs is 1. The van der Waals surface area contributed by atoms with Gasteiger partial charge >= 0.3 is 0 Å². The highest BCUT2D eigenvalue weighted by atomic mass is 32.1. The lowest BCUT2D eigenvalue weighted by Gasteiger charge is -1.97. The van der Waals surface area contributed by atoms with Gasteiger partial charge in [0.05, 0.1) is 15.2 Å². The fourth-order valence-electron chi connectivity index (χ4n) is 1.67. The molecule has 0 bridgehead atoms. The molecule has 2 heteroatoms. The van der Waals surface area contributed by atoms with E-state index < -0.39 is 0 Å². The van der Waals surface area contributed by atoms with E-state index in [4.69, 9.17) is 0 Å². The number of benzene rings is 1. The molecule has 1 heterocycles. The molecule has 1 aromatic carbocycles. The van der Waals surface area contributed by atoms with Crippen molar-refractivity contribution in [3.8, 4) is 0 Å². The van der Waals surface area contributed by atoms with Crippen molar-refractivity contribution in [1.82, 2.24) is 4.98 Å². The van der Waals surface area contributed by atoms with Gasteiger partial charge in [-0.25, -0.2) is 4.98 Å². The smallest absolute Gasteiger partial charge is 0.0941 e. The Hall–Kier alpha value is -0.890. The zero-order chi connectivity index (χ0) is 10.8. The van der Waals surface area contributed by atoms with Crippen LogP contribution in [0.5, 0.6) is 0 Å². The maximum atomic E-state index is 4.65. The van der Waals surface area contributed by atoms with E-state index in [1.807, 2.05) is 11.3 Å². The van der Waals surface area contributed by atoms with Gasteiger partial charge in [0.25, 0.3) is 0 Å². The van der Waals surface area contributed by atoms with E-state index in [-0.39, 0.29) is 0 Å². The van der Waals surface area contributed by atoms with E-state index in [0.717, 1.165) is 18.4 Å². The number of hydrogen-bond acceptors (Lipinski definition) is 2. The third-order valence-electron chi connectivity index (χ3n) is 2.49. The van der Waals surface area contributed by atoms with E-state index in [1.54, 1.807) is 0 Å². The van der Waals surface area contributed by atoms with Gasteiger partial charge in [0.2, 0.25) is 0 Å². The van der Waals surface area contributed by atoms with Crippen molar-refractivity contribution in [2.45, 2.75) is 33.6 Å². The SMILES string of the molecule is CCc1ccc2nc(CC(C)C)sc2c1. The van der Waals surface area contributed by atoms with Crippen molar-refractivity contribution < 1.29 is 0 Å². The fraction of sp³-hybridized carbons (Fsp3) is 0.462. The van der Waals surface area contributed by atoms with Gasteiger partial charge < -0.3 is 0 Å². The summed E-state index contributed by atoms with van der Waals surface area (Å²) < 4.78 is 1.34. The average molecular weight is 219 g/mol. The van der Waals surface area contributed by atoms with E-state index in [2.05, 4.69) is 44.0 Å². The van der Waals surface area contributed by atoms with E-state index in [1.165, 1.54) is 15.3 Å². The van der Waals surface area contributed by atoms with Gasteiger partial charge in [-0.05, 0) is 30.0 Å². The lowest BCUT2D eigenvalue weighted by atomic mass is 10.1. The molecule has 0 fully saturated rings. The first-order valence-corrected chi connectivity index (χ1v) is 6.39. The topological polar surface area (TPSA) is 12.9 Å². The zero-order valence-corrected chi connectivity index (χ0v) is 10.4. The number of nitrogens with zero attached hydrogens (tertiary/aromatic N) is 1. The van der Waals surface area contributed by atoms with Crippen molar-refractivity contribution in [2.24, 2.45) is 5.92 Å². The van der Waals surface area contributed by atoms with Crippen LogP contribution >= 0.6 is 11.3 Å². The summed E-state index contributed by atoms with van der Waals surface area (Å²) in [5.41, 5.74) is 2.56. The van der Waals surface area contributed by atoms with Crippen LogP contribution in [-0.2, 0) is 12.8 Å². The molecule has 0 saturated heterocycles. The second-order valence-corrected chi connectivity index (χ2v) is 5.48. The van der Waals surface area contributed by atoms with Gasteiger partial charge in [-0.2, -0.15) is 0 Å². The molecule has 0 saturated carbocycles. The molecule has 0 aliphatic heterocycles. The first kappa shape index (κ1) is 10.6. The predicted octanol–water partition coefficient (Wildman–Crippen LogP) is 4.06. The zero-order valence-electron chi connectivity index (χ0n) is 9.58. The summed E-state index contributed by atoms with van der Waals surface area (Å²) in [4.78, 5) is 4.65. The van der Waals surface area contributed by atoms with Gasteiger partial charge in [-0.1, -0.05) is 26.8 Å². The highest BCUT2D eigenvalue weighted by Gasteiger charge is 2.05. The molecule has 0 amide bonds. The largest absolute Gasteiger partial charge is 0.241 e. The molecule has 1 aromatic heterocycles. The van der Waals surface area contributed by atoms with Gasteiger partial charge in [-0.15, -0.1) is 11.3 Å². The molecule has 2 rings (SSSR count). The molecule has 80 valence electrons. The summed E-state index contributed by atoms with van der Waals surface area (Å²) in [6.07, 6.45) is 2.20. The Balaban J connectivity index is 2.37. The van der Waals surface area contributed by atoms with Gasteiger partial charge in [0.1, 0.15) is 0 Å². The first-order valence-electron chi connectivity index (χ1n) is 5.57. The van der Waals surface area contributed by atoms with Gasteiger partial charge in [0.15, 0.2) is 0 Å². The van der Waals surface area contributed by atoms with Crippen molar-refractivity contribution in [2.75, 3.05) is 0 Å². The second-order valence-electron chi connectivity index (χ2n) is 4.36. The molecule has 15 heavy (non-hydrogen) atoms. The fourth-order valence-corrected chi connectivity index (χ4v) is 2.92. The van der Waals surface area contributed by atoms with Crippen LogP contribution in [0.25, 0.3) is 10.2 Å². The monoisotopic (exact) mass is 219 g/mol. The van der Waals surface area contributed by atoms with Gasteiger partial charge in [0, 0.05) is 6.42 Å². The summed E-state index contributed by atoms with van der Waals surface area (Å²) >= 11 is 1.84.